The predicted octanol–water partition coefficient (Wildman–Crippen LogP) is 2.34. The molecule has 0 radical (unpaired) electrons. The third-order valence-corrected chi connectivity index (χ3v) is 2.08. The highest BCUT2D eigenvalue weighted by Crippen LogP contribution is 2.40. The lowest BCUT2D eigenvalue weighted by Gasteiger charge is -2.26. The van der Waals surface area contributed by atoms with E-state index in [-0.39, 0.29) is 5.56 Å². The SMILES string of the molecule is C#CC(O)(c1ccccc1)C(F)(F)Cl. The predicted molar refractivity (Wildman–Crippen MR) is 50.0 cm³/mol. The molecule has 74 valence electrons. The van der Waals surface area contributed by atoms with Crippen molar-refractivity contribution in [3.8, 4) is 12.3 Å². The quantitative estimate of drug-likeness (QED) is 0.594. The number of hydrogen-bond acceptors (Lipinski definition) is 1. The van der Waals surface area contributed by atoms with Gasteiger partial charge in [-0.05, 0) is 11.6 Å². The molecule has 1 aromatic rings. The molecule has 0 saturated carbocycles. The summed E-state index contributed by atoms with van der Waals surface area (Å²) < 4.78 is 25.7. The molecule has 0 aliphatic heterocycles. The lowest BCUT2D eigenvalue weighted by molar-refractivity contribution is -0.0924. The van der Waals surface area contributed by atoms with Crippen LogP contribution >= 0.6 is 11.6 Å². The van der Waals surface area contributed by atoms with Crippen molar-refractivity contribution in [2.24, 2.45) is 0 Å². The molecule has 0 aliphatic rings. The van der Waals surface area contributed by atoms with Crippen molar-refractivity contribution >= 4 is 11.6 Å². The van der Waals surface area contributed by atoms with Crippen molar-refractivity contribution in [1.29, 1.82) is 0 Å². The zero-order valence-electron chi connectivity index (χ0n) is 7.05. The standard InChI is InChI=1S/C10H7ClF2O/c1-2-9(14,10(11,12)13)8-6-4-3-5-7-8/h1,3-7,14H. The molecule has 0 fully saturated rings. The molecule has 0 bridgehead atoms. The van der Waals surface area contributed by atoms with E-state index in [1.54, 1.807) is 12.0 Å². The number of rotatable bonds is 2. The minimum atomic E-state index is -3.90. The molecule has 0 saturated heterocycles. The van der Waals surface area contributed by atoms with E-state index in [1.807, 2.05) is 0 Å². The van der Waals surface area contributed by atoms with Crippen LogP contribution in [0.5, 0.6) is 0 Å². The van der Waals surface area contributed by atoms with Gasteiger partial charge in [0.1, 0.15) is 0 Å². The third-order valence-electron chi connectivity index (χ3n) is 1.81. The van der Waals surface area contributed by atoms with Crippen LogP contribution in [0.3, 0.4) is 0 Å². The van der Waals surface area contributed by atoms with Gasteiger partial charge >= 0.3 is 5.38 Å². The molecule has 1 N–H and O–H groups in total. The summed E-state index contributed by atoms with van der Waals surface area (Å²) in [5, 5.41) is 5.61. The summed E-state index contributed by atoms with van der Waals surface area (Å²) in [7, 11) is 0. The lowest BCUT2D eigenvalue weighted by atomic mass is 9.95. The molecule has 0 amide bonds. The zero-order valence-corrected chi connectivity index (χ0v) is 7.80. The van der Waals surface area contributed by atoms with Crippen LogP contribution < -0.4 is 0 Å². The molecule has 0 heterocycles. The first-order chi connectivity index (χ1) is 6.42. The van der Waals surface area contributed by atoms with Crippen molar-refractivity contribution in [3.05, 3.63) is 35.9 Å². The van der Waals surface area contributed by atoms with Crippen LogP contribution in [0.25, 0.3) is 0 Å². The van der Waals surface area contributed by atoms with Gasteiger partial charge < -0.3 is 5.11 Å². The molecule has 14 heavy (non-hydrogen) atoms. The van der Waals surface area contributed by atoms with Crippen molar-refractivity contribution in [3.63, 3.8) is 0 Å². The zero-order chi connectivity index (χ0) is 10.8. The van der Waals surface area contributed by atoms with E-state index in [0.717, 1.165) is 0 Å². The minimum Gasteiger partial charge on any atom is -0.367 e. The smallest absolute Gasteiger partial charge is 0.365 e. The van der Waals surface area contributed by atoms with Gasteiger partial charge in [0.2, 0.25) is 5.60 Å². The molecular formula is C10H7ClF2O. The Kier molecular flexibility index (Phi) is 2.79. The highest BCUT2D eigenvalue weighted by atomic mass is 35.5. The molecule has 4 heteroatoms. The molecule has 0 aliphatic carbocycles. The number of benzene rings is 1. The van der Waals surface area contributed by atoms with Crippen LogP contribution in [0.4, 0.5) is 8.78 Å². The Morgan fingerprint density at radius 2 is 1.79 bits per heavy atom. The van der Waals surface area contributed by atoms with Crippen molar-refractivity contribution in [2.75, 3.05) is 0 Å². The van der Waals surface area contributed by atoms with E-state index in [2.05, 4.69) is 0 Å². The Morgan fingerprint density at radius 1 is 1.29 bits per heavy atom. The Balaban J connectivity index is 3.25. The van der Waals surface area contributed by atoms with Crippen LogP contribution in [-0.4, -0.2) is 10.5 Å². The average molecular weight is 217 g/mol. The lowest BCUT2D eigenvalue weighted by Crippen LogP contribution is -2.39. The van der Waals surface area contributed by atoms with Crippen LogP contribution in [0.2, 0.25) is 0 Å². The summed E-state index contributed by atoms with van der Waals surface area (Å²) >= 11 is 4.75. The maximum Gasteiger partial charge on any atom is 0.365 e. The van der Waals surface area contributed by atoms with E-state index in [1.165, 1.54) is 24.3 Å². The second-order valence-corrected chi connectivity index (χ2v) is 3.19. The molecular weight excluding hydrogens is 210 g/mol. The van der Waals surface area contributed by atoms with Gasteiger partial charge in [-0.3, -0.25) is 0 Å². The van der Waals surface area contributed by atoms with Crippen LogP contribution in [0.15, 0.2) is 30.3 Å². The van der Waals surface area contributed by atoms with Gasteiger partial charge in [0.05, 0.1) is 0 Å². The molecule has 1 atom stereocenters. The van der Waals surface area contributed by atoms with E-state index in [9.17, 15) is 13.9 Å². The van der Waals surface area contributed by atoms with E-state index in [0.29, 0.717) is 0 Å². The van der Waals surface area contributed by atoms with Crippen LogP contribution in [-0.2, 0) is 5.60 Å². The van der Waals surface area contributed by atoms with Gasteiger partial charge in [0, 0.05) is 5.56 Å². The number of alkyl halides is 3. The summed E-state index contributed by atoms with van der Waals surface area (Å²) in [6.07, 6.45) is 4.86. The number of terminal acetylenes is 1. The van der Waals surface area contributed by atoms with Gasteiger partial charge in [-0.1, -0.05) is 36.3 Å². The first kappa shape index (κ1) is 11.0. The summed E-state index contributed by atoms with van der Waals surface area (Å²) in [4.78, 5) is 0. The van der Waals surface area contributed by atoms with E-state index in [4.69, 9.17) is 18.0 Å². The van der Waals surface area contributed by atoms with Crippen molar-refractivity contribution in [2.45, 2.75) is 11.0 Å². The maximum absolute atomic E-state index is 12.8. The highest BCUT2D eigenvalue weighted by molar-refractivity contribution is 6.22. The molecule has 1 aromatic carbocycles. The highest BCUT2D eigenvalue weighted by Gasteiger charge is 2.51. The molecule has 1 unspecified atom stereocenters. The first-order valence-corrected chi connectivity index (χ1v) is 4.12. The summed E-state index contributed by atoms with van der Waals surface area (Å²) in [5.41, 5.74) is -2.88. The molecule has 0 aromatic heterocycles. The maximum atomic E-state index is 12.8. The van der Waals surface area contributed by atoms with Crippen molar-refractivity contribution < 1.29 is 13.9 Å². The fourth-order valence-corrected chi connectivity index (χ4v) is 1.17. The van der Waals surface area contributed by atoms with Gasteiger partial charge in [-0.15, -0.1) is 6.42 Å². The monoisotopic (exact) mass is 216 g/mol. The normalized spacial score (nSPS) is 15.6. The fraction of sp³-hybridized carbons (Fsp3) is 0.200. The fourth-order valence-electron chi connectivity index (χ4n) is 1.01. The number of hydrogen-bond donors (Lipinski definition) is 1. The Morgan fingerprint density at radius 3 is 2.14 bits per heavy atom. The second-order valence-electron chi connectivity index (χ2n) is 2.72. The molecule has 1 nitrogen and oxygen atoms in total. The van der Waals surface area contributed by atoms with E-state index < -0.39 is 11.0 Å². The molecule has 1 rings (SSSR count). The van der Waals surface area contributed by atoms with Crippen LogP contribution in [0, 0.1) is 12.3 Å². The summed E-state index contributed by atoms with van der Waals surface area (Å²) in [6, 6.07) is 7.17. The van der Waals surface area contributed by atoms with Crippen LogP contribution in [0.1, 0.15) is 5.56 Å². The van der Waals surface area contributed by atoms with E-state index >= 15 is 0 Å². The largest absolute Gasteiger partial charge is 0.367 e. The third kappa shape index (κ3) is 1.72. The van der Waals surface area contributed by atoms with Crippen molar-refractivity contribution in [1.82, 2.24) is 0 Å². The Hall–Kier alpha value is -1.11. The van der Waals surface area contributed by atoms with Gasteiger partial charge in [-0.2, -0.15) is 8.78 Å². The minimum absolute atomic E-state index is 0.109. The topological polar surface area (TPSA) is 20.2 Å². The summed E-state index contributed by atoms with van der Waals surface area (Å²) in [5.74, 6) is 1.61. The number of aliphatic hydroxyl groups is 1. The number of halogens is 3. The Bertz CT molecular complexity index is 353. The molecule has 0 spiro atoms. The van der Waals surface area contributed by atoms with Gasteiger partial charge in [0.15, 0.2) is 0 Å². The Labute approximate surface area is 85.3 Å². The average Bonchev–Trinajstić information content (AvgIpc) is 2.16. The van der Waals surface area contributed by atoms with Gasteiger partial charge in [0.25, 0.3) is 0 Å². The first-order valence-electron chi connectivity index (χ1n) is 3.74. The van der Waals surface area contributed by atoms with Gasteiger partial charge in [-0.25, -0.2) is 0 Å². The second kappa shape index (κ2) is 3.56. The summed E-state index contributed by atoms with van der Waals surface area (Å²) in [6.45, 7) is 0.